The summed E-state index contributed by atoms with van der Waals surface area (Å²) < 4.78 is 0. The monoisotopic (exact) mass is 266 g/mol. The Morgan fingerprint density at radius 1 is 1.11 bits per heavy atom. The summed E-state index contributed by atoms with van der Waals surface area (Å²) in [6.07, 6.45) is 6.07. The summed E-state index contributed by atoms with van der Waals surface area (Å²) in [6, 6.07) is 0. The number of hydrogen-bond donors (Lipinski definition) is 1. The molecule has 1 rings (SSSR count). The van der Waals surface area contributed by atoms with Crippen LogP contribution in [-0.4, -0.2) is 39.1 Å². The lowest BCUT2D eigenvalue weighted by Gasteiger charge is -2.20. The van der Waals surface area contributed by atoms with Crippen LogP contribution in [-0.2, 0) is 6.42 Å². The van der Waals surface area contributed by atoms with Crippen LogP contribution in [0.3, 0.4) is 0 Å². The third kappa shape index (κ3) is 5.01. The first-order chi connectivity index (χ1) is 9.22. The fourth-order valence-electron chi connectivity index (χ4n) is 1.89. The molecule has 0 saturated carbocycles. The number of rotatable bonds is 9. The van der Waals surface area contributed by atoms with E-state index in [0.29, 0.717) is 5.82 Å². The highest BCUT2D eigenvalue weighted by Crippen LogP contribution is 2.05. The number of amides is 1. The number of H-pyrrole nitrogens is 1. The molecular weight excluding hydrogens is 240 g/mol. The Kier molecular flexibility index (Phi) is 7.15. The highest BCUT2D eigenvalue weighted by Gasteiger charge is 2.19. The van der Waals surface area contributed by atoms with Gasteiger partial charge in [-0.1, -0.05) is 33.6 Å². The zero-order chi connectivity index (χ0) is 14.1. The molecule has 0 aliphatic rings. The third-order valence-electron chi connectivity index (χ3n) is 3.06. The number of carbonyl (C=O) groups excluding carboxylic acids is 1. The van der Waals surface area contributed by atoms with Gasteiger partial charge in [-0.2, -0.15) is 0 Å². The molecule has 0 aliphatic carbocycles. The minimum atomic E-state index is -0.0412. The highest BCUT2D eigenvalue weighted by molar-refractivity contribution is 5.90. The molecule has 1 aromatic heterocycles. The Balaban J connectivity index is 2.66. The quantitative estimate of drug-likeness (QED) is 0.747. The molecule has 0 aliphatic heterocycles. The maximum Gasteiger partial charge on any atom is 0.293 e. The van der Waals surface area contributed by atoms with Gasteiger partial charge in [0.25, 0.3) is 5.91 Å². The van der Waals surface area contributed by atoms with E-state index in [1.54, 1.807) is 0 Å². The lowest BCUT2D eigenvalue weighted by atomic mass is 10.2. The molecule has 108 valence electrons. The van der Waals surface area contributed by atoms with Crippen molar-refractivity contribution in [1.82, 2.24) is 20.1 Å². The van der Waals surface area contributed by atoms with Gasteiger partial charge in [0, 0.05) is 19.5 Å². The van der Waals surface area contributed by atoms with Crippen molar-refractivity contribution in [3.05, 3.63) is 11.6 Å². The molecule has 0 bridgehead atoms. The zero-order valence-electron chi connectivity index (χ0n) is 12.4. The summed E-state index contributed by atoms with van der Waals surface area (Å²) in [5.74, 6) is 1.08. The van der Waals surface area contributed by atoms with Crippen molar-refractivity contribution in [3.8, 4) is 0 Å². The number of aromatic amines is 1. The van der Waals surface area contributed by atoms with Crippen molar-refractivity contribution in [3.63, 3.8) is 0 Å². The number of hydrogen-bond acceptors (Lipinski definition) is 3. The largest absolute Gasteiger partial charge is 0.336 e. The summed E-state index contributed by atoms with van der Waals surface area (Å²) in [5.41, 5.74) is 0. The first kappa shape index (κ1) is 15.7. The van der Waals surface area contributed by atoms with Crippen LogP contribution in [0, 0.1) is 0 Å². The molecule has 5 heteroatoms. The minimum absolute atomic E-state index is 0.0412. The van der Waals surface area contributed by atoms with Gasteiger partial charge in [-0.05, 0) is 19.3 Å². The van der Waals surface area contributed by atoms with Crippen molar-refractivity contribution in [2.45, 2.75) is 59.3 Å². The van der Waals surface area contributed by atoms with Crippen LogP contribution < -0.4 is 0 Å². The molecule has 0 radical (unpaired) electrons. The van der Waals surface area contributed by atoms with Gasteiger partial charge in [-0.3, -0.25) is 9.89 Å². The minimum Gasteiger partial charge on any atom is -0.336 e. The van der Waals surface area contributed by atoms with E-state index < -0.39 is 0 Å². The number of nitrogens with zero attached hydrogens (tertiary/aromatic N) is 3. The van der Waals surface area contributed by atoms with Gasteiger partial charge in [0.05, 0.1) is 0 Å². The first-order valence-corrected chi connectivity index (χ1v) is 7.43. The zero-order valence-corrected chi connectivity index (χ0v) is 12.4. The third-order valence-corrected chi connectivity index (χ3v) is 3.06. The van der Waals surface area contributed by atoms with Crippen LogP contribution in [0.25, 0.3) is 0 Å². The van der Waals surface area contributed by atoms with Crippen LogP contribution in [0.1, 0.15) is 69.3 Å². The van der Waals surface area contributed by atoms with E-state index in [4.69, 9.17) is 0 Å². The SMILES string of the molecule is CCCCN(CCCC)C(=O)c1n[nH]c(CCC)n1. The van der Waals surface area contributed by atoms with E-state index in [1.165, 1.54) is 0 Å². The molecule has 0 fully saturated rings. The Morgan fingerprint density at radius 3 is 2.26 bits per heavy atom. The second-order valence-electron chi connectivity index (χ2n) is 4.86. The van der Waals surface area contributed by atoms with Crippen LogP contribution in [0.2, 0.25) is 0 Å². The van der Waals surface area contributed by atoms with E-state index in [0.717, 1.165) is 57.4 Å². The molecule has 1 N–H and O–H groups in total. The second kappa shape index (κ2) is 8.67. The normalized spacial score (nSPS) is 10.7. The van der Waals surface area contributed by atoms with E-state index in [1.807, 2.05) is 4.90 Å². The molecule has 5 nitrogen and oxygen atoms in total. The summed E-state index contributed by atoms with van der Waals surface area (Å²) >= 11 is 0. The van der Waals surface area contributed by atoms with E-state index in [-0.39, 0.29) is 5.91 Å². The Labute approximate surface area is 115 Å². The standard InChI is InChI=1S/C14H26N4O/c1-4-7-10-18(11-8-5-2)14(19)13-15-12(9-6-3)16-17-13/h4-11H2,1-3H3,(H,15,16,17). The Morgan fingerprint density at radius 2 is 1.74 bits per heavy atom. The van der Waals surface area contributed by atoms with Crippen molar-refractivity contribution in [1.29, 1.82) is 0 Å². The van der Waals surface area contributed by atoms with E-state index in [9.17, 15) is 4.79 Å². The average molecular weight is 266 g/mol. The molecule has 1 heterocycles. The van der Waals surface area contributed by atoms with Crippen LogP contribution in [0.4, 0.5) is 0 Å². The Bertz CT molecular complexity index is 367. The van der Waals surface area contributed by atoms with Gasteiger partial charge in [0.1, 0.15) is 5.82 Å². The van der Waals surface area contributed by atoms with E-state index >= 15 is 0 Å². The van der Waals surface area contributed by atoms with Gasteiger partial charge < -0.3 is 4.90 Å². The maximum absolute atomic E-state index is 12.4. The Hall–Kier alpha value is -1.39. The smallest absolute Gasteiger partial charge is 0.293 e. The maximum atomic E-state index is 12.4. The lowest BCUT2D eigenvalue weighted by Crippen LogP contribution is -2.33. The van der Waals surface area contributed by atoms with Gasteiger partial charge in [0.2, 0.25) is 5.82 Å². The van der Waals surface area contributed by atoms with Gasteiger partial charge in [-0.15, -0.1) is 5.10 Å². The van der Waals surface area contributed by atoms with Gasteiger partial charge in [-0.25, -0.2) is 4.98 Å². The first-order valence-electron chi connectivity index (χ1n) is 7.43. The number of aryl methyl sites for hydroxylation is 1. The van der Waals surface area contributed by atoms with E-state index in [2.05, 4.69) is 36.0 Å². The molecular formula is C14H26N4O. The molecule has 19 heavy (non-hydrogen) atoms. The molecule has 1 aromatic rings. The van der Waals surface area contributed by atoms with Crippen molar-refractivity contribution in [2.24, 2.45) is 0 Å². The van der Waals surface area contributed by atoms with Crippen LogP contribution in [0.15, 0.2) is 0 Å². The van der Waals surface area contributed by atoms with Gasteiger partial charge >= 0.3 is 0 Å². The topological polar surface area (TPSA) is 61.9 Å². The summed E-state index contributed by atoms with van der Waals surface area (Å²) in [4.78, 5) is 18.5. The van der Waals surface area contributed by atoms with Crippen molar-refractivity contribution in [2.75, 3.05) is 13.1 Å². The number of nitrogens with one attached hydrogen (secondary N) is 1. The van der Waals surface area contributed by atoms with Crippen LogP contribution in [0.5, 0.6) is 0 Å². The molecule has 1 amide bonds. The number of aromatic nitrogens is 3. The second-order valence-corrected chi connectivity index (χ2v) is 4.86. The molecule has 0 atom stereocenters. The molecule has 0 unspecified atom stereocenters. The fraction of sp³-hybridized carbons (Fsp3) is 0.786. The average Bonchev–Trinajstić information content (AvgIpc) is 2.87. The molecule has 0 spiro atoms. The molecule has 0 saturated heterocycles. The lowest BCUT2D eigenvalue weighted by molar-refractivity contribution is 0.0739. The highest BCUT2D eigenvalue weighted by atomic mass is 16.2. The number of unbranched alkanes of at least 4 members (excludes halogenated alkanes) is 2. The summed E-state index contributed by atoms with van der Waals surface area (Å²) in [7, 11) is 0. The van der Waals surface area contributed by atoms with Gasteiger partial charge in [0.15, 0.2) is 0 Å². The van der Waals surface area contributed by atoms with Crippen molar-refractivity contribution >= 4 is 5.91 Å². The summed E-state index contributed by atoms with van der Waals surface area (Å²) in [5, 5.41) is 6.89. The summed E-state index contributed by atoms with van der Waals surface area (Å²) in [6.45, 7) is 7.95. The molecule has 0 aromatic carbocycles. The number of carbonyl (C=O) groups is 1. The predicted molar refractivity (Wildman–Crippen MR) is 76.1 cm³/mol. The van der Waals surface area contributed by atoms with Crippen molar-refractivity contribution < 1.29 is 4.79 Å². The van der Waals surface area contributed by atoms with Crippen LogP contribution >= 0.6 is 0 Å². The predicted octanol–water partition coefficient (Wildman–Crippen LogP) is 2.80. The fourth-order valence-corrected chi connectivity index (χ4v) is 1.89.